The maximum Gasteiger partial charge on any atom is 0.336 e. The topological polar surface area (TPSA) is 55.4 Å². The molecule has 1 aliphatic rings. The van der Waals surface area contributed by atoms with E-state index in [2.05, 4.69) is 10.1 Å². The molecule has 4 nitrogen and oxygen atoms in total. The van der Waals surface area contributed by atoms with Crippen molar-refractivity contribution in [3.8, 4) is 0 Å². The zero-order chi connectivity index (χ0) is 11.5. The molecule has 0 bridgehead atoms. The van der Waals surface area contributed by atoms with Crippen LogP contribution in [0, 0.1) is 0 Å². The molecule has 0 aromatic heterocycles. The van der Waals surface area contributed by atoms with Crippen molar-refractivity contribution in [3.63, 3.8) is 0 Å². The average Bonchev–Trinajstić information content (AvgIpc) is 2.72. The number of nitrogens with one attached hydrogen (secondary N) is 1. The zero-order valence-corrected chi connectivity index (χ0v) is 9.16. The standard InChI is InChI=1S/C11H10ClNO3/c12-6-10(14)16-11(15)9-5-7-3-1-2-4-8(7)13-9/h1-4,9,13H,5-6H2. The molecule has 0 spiro atoms. The van der Waals surface area contributed by atoms with Crippen molar-refractivity contribution in [2.45, 2.75) is 12.5 Å². The van der Waals surface area contributed by atoms with Crippen molar-refractivity contribution < 1.29 is 14.3 Å². The Balaban J connectivity index is 2.01. The number of hydrogen-bond donors (Lipinski definition) is 1. The molecule has 1 aromatic carbocycles. The Labute approximate surface area is 97.5 Å². The summed E-state index contributed by atoms with van der Waals surface area (Å²) in [6.07, 6.45) is 0.532. The highest BCUT2D eigenvalue weighted by atomic mass is 35.5. The van der Waals surface area contributed by atoms with E-state index in [0.29, 0.717) is 6.42 Å². The van der Waals surface area contributed by atoms with E-state index in [1.165, 1.54) is 0 Å². The summed E-state index contributed by atoms with van der Waals surface area (Å²) >= 11 is 5.24. The first-order chi connectivity index (χ1) is 7.70. The van der Waals surface area contributed by atoms with Crippen LogP contribution >= 0.6 is 11.6 Å². The molecule has 0 saturated heterocycles. The van der Waals surface area contributed by atoms with E-state index >= 15 is 0 Å². The normalized spacial score (nSPS) is 17.4. The molecule has 1 aliphatic heterocycles. The largest absolute Gasteiger partial charge is 0.391 e. The van der Waals surface area contributed by atoms with Gasteiger partial charge in [0.25, 0.3) is 0 Å². The van der Waals surface area contributed by atoms with Crippen molar-refractivity contribution >= 4 is 29.2 Å². The van der Waals surface area contributed by atoms with E-state index in [-0.39, 0.29) is 5.88 Å². The molecule has 1 unspecified atom stereocenters. The predicted octanol–water partition coefficient (Wildman–Crippen LogP) is 1.33. The monoisotopic (exact) mass is 239 g/mol. The third-order valence-corrected chi connectivity index (χ3v) is 2.60. The number of ether oxygens (including phenoxy) is 1. The van der Waals surface area contributed by atoms with E-state index in [4.69, 9.17) is 11.6 Å². The van der Waals surface area contributed by atoms with Gasteiger partial charge in [0.2, 0.25) is 0 Å². The first-order valence-electron chi connectivity index (χ1n) is 4.85. The molecule has 1 atom stereocenters. The third kappa shape index (κ3) is 2.17. The van der Waals surface area contributed by atoms with Gasteiger partial charge in [0.1, 0.15) is 11.9 Å². The molecule has 16 heavy (non-hydrogen) atoms. The second kappa shape index (κ2) is 4.53. The number of hydrogen-bond acceptors (Lipinski definition) is 4. The van der Waals surface area contributed by atoms with Crippen LogP contribution in [-0.2, 0) is 20.7 Å². The van der Waals surface area contributed by atoms with Gasteiger partial charge in [0.15, 0.2) is 0 Å². The number of anilines is 1. The van der Waals surface area contributed by atoms with E-state index < -0.39 is 18.0 Å². The highest BCUT2D eigenvalue weighted by molar-refractivity contribution is 6.27. The van der Waals surface area contributed by atoms with Gasteiger partial charge < -0.3 is 10.1 Å². The van der Waals surface area contributed by atoms with Gasteiger partial charge in [-0.25, -0.2) is 4.79 Å². The number of rotatable bonds is 2. The summed E-state index contributed by atoms with van der Waals surface area (Å²) in [5.74, 6) is -1.61. The van der Waals surface area contributed by atoms with Crippen LogP contribution in [0.3, 0.4) is 0 Å². The molecule has 0 fully saturated rings. The number of halogens is 1. The minimum absolute atomic E-state index is 0.314. The number of carbonyl (C=O) groups excluding carboxylic acids is 2. The molecule has 1 heterocycles. The van der Waals surface area contributed by atoms with Crippen LogP contribution in [0.15, 0.2) is 24.3 Å². The molecule has 0 aliphatic carbocycles. The molecule has 0 saturated carbocycles. The third-order valence-electron chi connectivity index (χ3n) is 2.38. The first-order valence-corrected chi connectivity index (χ1v) is 5.39. The van der Waals surface area contributed by atoms with Crippen molar-refractivity contribution in [2.24, 2.45) is 0 Å². The van der Waals surface area contributed by atoms with E-state index in [9.17, 15) is 9.59 Å². The van der Waals surface area contributed by atoms with Gasteiger partial charge in [-0.15, -0.1) is 11.6 Å². The molecule has 2 rings (SSSR count). The van der Waals surface area contributed by atoms with Crippen molar-refractivity contribution in [1.82, 2.24) is 0 Å². The van der Waals surface area contributed by atoms with Crippen LogP contribution in [0.4, 0.5) is 5.69 Å². The van der Waals surface area contributed by atoms with E-state index in [0.717, 1.165) is 11.3 Å². The lowest BCUT2D eigenvalue weighted by Gasteiger charge is -2.08. The molecule has 0 amide bonds. The highest BCUT2D eigenvalue weighted by Gasteiger charge is 2.28. The number of para-hydroxylation sites is 1. The van der Waals surface area contributed by atoms with Gasteiger partial charge in [0.05, 0.1) is 0 Å². The highest BCUT2D eigenvalue weighted by Crippen LogP contribution is 2.25. The fraction of sp³-hybridized carbons (Fsp3) is 0.273. The summed E-state index contributed by atoms with van der Waals surface area (Å²) in [6.45, 7) is 0. The summed E-state index contributed by atoms with van der Waals surface area (Å²) < 4.78 is 4.54. The summed E-state index contributed by atoms with van der Waals surface area (Å²) in [7, 11) is 0. The van der Waals surface area contributed by atoms with Gasteiger partial charge in [0, 0.05) is 12.1 Å². The van der Waals surface area contributed by atoms with Crippen molar-refractivity contribution in [1.29, 1.82) is 0 Å². The van der Waals surface area contributed by atoms with Gasteiger partial charge in [-0.2, -0.15) is 0 Å². The van der Waals surface area contributed by atoms with Crippen molar-refractivity contribution in [2.75, 3.05) is 11.2 Å². The van der Waals surface area contributed by atoms with Crippen LogP contribution in [0.25, 0.3) is 0 Å². The second-order valence-electron chi connectivity index (χ2n) is 3.48. The lowest BCUT2D eigenvalue weighted by molar-refractivity contribution is -0.158. The predicted molar refractivity (Wildman–Crippen MR) is 59.4 cm³/mol. The lowest BCUT2D eigenvalue weighted by Crippen LogP contribution is -2.31. The number of alkyl halides is 1. The first kappa shape index (κ1) is 11.0. The summed E-state index contributed by atoms with van der Waals surface area (Å²) in [5.41, 5.74) is 1.95. The molecule has 1 aromatic rings. The minimum atomic E-state index is -0.718. The fourth-order valence-electron chi connectivity index (χ4n) is 1.65. The molecular formula is C11H10ClNO3. The number of esters is 2. The number of carbonyl (C=O) groups is 2. The Bertz CT molecular complexity index is 408. The smallest absolute Gasteiger partial charge is 0.336 e. The van der Waals surface area contributed by atoms with Crippen LogP contribution in [0.2, 0.25) is 0 Å². The Morgan fingerprint density at radius 2 is 2.19 bits per heavy atom. The van der Waals surface area contributed by atoms with E-state index in [1.54, 1.807) is 0 Å². The maximum atomic E-state index is 11.5. The minimum Gasteiger partial charge on any atom is -0.391 e. The van der Waals surface area contributed by atoms with Crippen LogP contribution in [0.1, 0.15) is 5.56 Å². The number of fused-ring (bicyclic) bond motifs is 1. The van der Waals surface area contributed by atoms with E-state index in [1.807, 2.05) is 24.3 Å². The Morgan fingerprint density at radius 3 is 2.88 bits per heavy atom. The Hall–Kier alpha value is -1.55. The molecule has 5 heteroatoms. The van der Waals surface area contributed by atoms with Crippen LogP contribution < -0.4 is 5.32 Å². The summed E-state index contributed by atoms with van der Waals surface area (Å²) in [5, 5.41) is 2.99. The maximum absolute atomic E-state index is 11.5. The lowest BCUT2D eigenvalue weighted by atomic mass is 10.1. The Kier molecular flexibility index (Phi) is 3.10. The quantitative estimate of drug-likeness (QED) is 0.481. The summed E-state index contributed by atoms with van der Waals surface area (Å²) in [6, 6.07) is 7.09. The average molecular weight is 240 g/mol. The summed E-state index contributed by atoms with van der Waals surface area (Å²) in [4.78, 5) is 22.4. The van der Waals surface area contributed by atoms with Gasteiger partial charge >= 0.3 is 11.9 Å². The SMILES string of the molecule is O=C(CCl)OC(=O)C1Cc2ccccc2N1. The zero-order valence-electron chi connectivity index (χ0n) is 8.40. The molecule has 0 radical (unpaired) electrons. The van der Waals surface area contributed by atoms with Gasteiger partial charge in [-0.1, -0.05) is 18.2 Å². The molecule has 84 valence electrons. The second-order valence-corrected chi connectivity index (χ2v) is 3.75. The van der Waals surface area contributed by atoms with Gasteiger partial charge in [-0.05, 0) is 11.6 Å². The van der Waals surface area contributed by atoms with Gasteiger partial charge in [-0.3, -0.25) is 4.79 Å². The Morgan fingerprint density at radius 1 is 1.44 bits per heavy atom. The van der Waals surface area contributed by atoms with Crippen LogP contribution in [0.5, 0.6) is 0 Å². The number of benzene rings is 1. The molecular weight excluding hydrogens is 230 g/mol. The van der Waals surface area contributed by atoms with Crippen molar-refractivity contribution in [3.05, 3.63) is 29.8 Å². The van der Waals surface area contributed by atoms with Crippen LogP contribution in [-0.4, -0.2) is 23.9 Å². The molecule has 1 N–H and O–H groups in total. The fourth-order valence-corrected chi connectivity index (χ4v) is 1.71.